The van der Waals surface area contributed by atoms with Crippen molar-refractivity contribution in [1.82, 2.24) is 8.87 Å². The molecular weight excluding hydrogens is 409 g/mol. The number of benzene rings is 1. The smallest absolute Gasteiger partial charge is 0.325 e. The van der Waals surface area contributed by atoms with Crippen LogP contribution in [0.2, 0.25) is 0 Å². The van der Waals surface area contributed by atoms with Crippen molar-refractivity contribution in [2.24, 2.45) is 4.99 Å². The Hall–Kier alpha value is -2.11. The molecule has 1 fully saturated rings. The Morgan fingerprint density at radius 3 is 2.79 bits per heavy atom. The summed E-state index contributed by atoms with van der Waals surface area (Å²) in [6, 6.07) is 3.53. The number of hydrogen-bond acceptors (Lipinski definition) is 6. The lowest BCUT2D eigenvalue weighted by molar-refractivity contribution is -0.141. The van der Waals surface area contributed by atoms with Crippen LogP contribution in [0.25, 0.3) is 10.2 Å². The van der Waals surface area contributed by atoms with E-state index < -0.39 is 33.8 Å². The van der Waals surface area contributed by atoms with Crippen LogP contribution in [0.4, 0.5) is 4.39 Å². The van der Waals surface area contributed by atoms with Crippen molar-refractivity contribution in [3.63, 3.8) is 0 Å². The van der Waals surface area contributed by atoms with E-state index >= 15 is 0 Å². The number of para-hydroxylation sites is 1. The molecule has 0 radical (unpaired) electrons. The molecule has 0 bridgehead atoms. The number of amides is 1. The Kier molecular flexibility index (Phi) is 5.96. The molecule has 28 heavy (non-hydrogen) atoms. The summed E-state index contributed by atoms with van der Waals surface area (Å²) in [5.74, 6) is -1.80. The molecule has 1 saturated heterocycles. The Morgan fingerprint density at radius 2 is 2.11 bits per heavy atom. The molecule has 1 aromatic heterocycles. The molecule has 0 N–H and O–H groups in total. The number of ether oxygens (including phenoxy) is 1. The van der Waals surface area contributed by atoms with Crippen molar-refractivity contribution in [2.75, 3.05) is 19.9 Å². The number of sulfonamides is 1. The first kappa shape index (κ1) is 20.6. The summed E-state index contributed by atoms with van der Waals surface area (Å²) < 4.78 is 46.0. The first-order valence-electron chi connectivity index (χ1n) is 8.62. The summed E-state index contributed by atoms with van der Waals surface area (Å²) >= 11 is 1.05. The number of piperidine rings is 1. The van der Waals surface area contributed by atoms with Gasteiger partial charge in [0, 0.05) is 6.54 Å². The van der Waals surface area contributed by atoms with Gasteiger partial charge in [-0.15, -0.1) is 0 Å². The van der Waals surface area contributed by atoms with Crippen molar-refractivity contribution < 1.29 is 27.1 Å². The van der Waals surface area contributed by atoms with E-state index in [1.165, 1.54) is 23.8 Å². The number of hydrogen-bond donors (Lipinski definition) is 0. The molecule has 1 aliphatic rings. The molecule has 3 rings (SSSR count). The van der Waals surface area contributed by atoms with Gasteiger partial charge in [0.15, 0.2) is 4.80 Å². The highest BCUT2D eigenvalue weighted by molar-refractivity contribution is 7.88. The van der Waals surface area contributed by atoms with Gasteiger partial charge in [-0.1, -0.05) is 23.8 Å². The van der Waals surface area contributed by atoms with Gasteiger partial charge in [-0.25, -0.2) is 12.8 Å². The Morgan fingerprint density at radius 1 is 1.36 bits per heavy atom. The van der Waals surface area contributed by atoms with Crippen molar-refractivity contribution in [3.05, 3.63) is 28.8 Å². The molecule has 152 valence electrons. The highest BCUT2D eigenvalue weighted by Gasteiger charge is 2.34. The topological polar surface area (TPSA) is 98.0 Å². The van der Waals surface area contributed by atoms with Gasteiger partial charge in [0.25, 0.3) is 5.91 Å². The lowest BCUT2D eigenvalue weighted by Crippen LogP contribution is -2.47. The molecule has 2 heterocycles. The quantitative estimate of drug-likeness (QED) is 0.682. The second kappa shape index (κ2) is 8.10. The van der Waals surface area contributed by atoms with Crippen LogP contribution in [0.1, 0.15) is 19.3 Å². The number of esters is 1. The predicted octanol–water partition coefficient (Wildman–Crippen LogP) is 1.26. The third-order valence-electron chi connectivity index (χ3n) is 4.54. The Labute approximate surface area is 165 Å². The van der Waals surface area contributed by atoms with Crippen LogP contribution in [-0.2, 0) is 30.9 Å². The minimum atomic E-state index is -3.56. The summed E-state index contributed by atoms with van der Waals surface area (Å²) in [7, 11) is -2.35. The minimum absolute atomic E-state index is 0.120. The molecule has 1 amide bonds. The SMILES string of the molecule is COC(=O)Cn1c(=NC(=O)C2CCCCN2S(C)(=O)=O)sc2cccc(F)c21. The van der Waals surface area contributed by atoms with Crippen LogP contribution >= 0.6 is 11.3 Å². The van der Waals surface area contributed by atoms with Crippen LogP contribution < -0.4 is 4.80 Å². The number of carbonyl (C=O) groups excluding carboxylic acids is 2. The molecule has 1 atom stereocenters. The summed E-state index contributed by atoms with van der Waals surface area (Å²) in [5.41, 5.74) is 0.146. The molecule has 2 aromatic rings. The third-order valence-corrected chi connectivity index (χ3v) is 6.87. The first-order valence-corrected chi connectivity index (χ1v) is 11.3. The largest absolute Gasteiger partial charge is 0.468 e. The van der Waals surface area contributed by atoms with Gasteiger partial charge >= 0.3 is 5.97 Å². The standard InChI is InChI=1S/C17H20FN3O5S2/c1-26-14(22)10-20-15-11(18)6-5-8-13(15)27-17(20)19-16(23)12-7-3-4-9-21(12)28(2,24)25/h5-6,8,12H,3-4,7,9-10H2,1-2H3. The molecule has 8 nitrogen and oxygen atoms in total. The summed E-state index contributed by atoms with van der Waals surface area (Å²) in [6.07, 6.45) is 2.81. The van der Waals surface area contributed by atoms with Gasteiger partial charge in [0.2, 0.25) is 10.0 Å². The zero-order chi connectivity index (χ0) is 20.5. The second-order valence-electron chi connectivity index (χ2n) is 6.47. The van der Waals surface area contributed by atoms with E-state index in [1.807, 2.05) is 0 Å². The highest BCUT2D eigenvalue weighted by atomic mass is 32.2. The number of nitrogens with zero attached hydrogens (tertiary/aromatic N) is 3. The maximum absolute atomic E-state index is 14.3. The highest BCUT2D eigenvalue weighted by Crippen LogP contribution is 2.23. The number of thiazole rings is 1. The molecule has 0 spiro atoms. The van der Waals surface area contributed by atoms with E-state index in [4.69, 9.17) is 0 Å². The Bertz CT molecular complexity index is 1090. The lowest BCUT2D eigenvalue weighted by atomic mass is 10.0. The van der Waals surface area contributed by atoms with Gasteiger partial charge in [0.1, 0.15) is 18.4 Å². The fourth-order valence-electron chi connectivity index (χ4n) is 3.23. The summed E-state index contributed by atoms with van der Waals surface area (Å²) in [6.45, 7) is -0.0576. The number of halogens is 1. The first-order chi connectivity index (χ1) is 13.2. The molecular formula is C17H20FN3O5S2. The number of rotatable bonds is 4. The maximum atomic E-state index is 14.3. The molecule has 1 aliphatic heterocycles. The lowest BCUT2D eigenvalue weighted by Gasteiger charge is -2.31. The van der Waals surface area contributed by atoms with Crippen molar-refractivity contribution in [3.8, 4) is 0 Å². The average molecular weight is 429 g/mol. The van der Waals surface area contributed by atoms with E-state index in [0.717, 1.165) is 21.9 Å². The second-order valence-corrected chi connectivity index (χ2v) is 9.41. The summed E-state index contributed by atoms with van der Waals surface area (Å²) in [5, 5.41) is 0. The molecule has 1 unspecified atom stereocenters. The number of aromatic nitrogens is 1. The van der Waals surface area contributed by atoms with Gasteiger partial charge < -0.3 is 9.30 Å². The predicted molar refractivity (Wildman–Crippen MR) is 102 cm³/mol. The van der Waals surface area contributed by atoms with Gasteiger partial charge in [0.05, 0.1) is 23.6 Å². The van der Waals surface area contributed by atoms with Crippen molar-refractivity contribution in [1.29, 1.82) is 0 Å². The molecule has 11 heteroatoms. The van der Waals surface area contributed by atoms with E-state index in [-0.39, 0.29) is 23.4 Å². The fraction of sp³-hybridized carbons (Fsp3) is 0.471. The van der Waals surface area contributed by atoms with Gasteiger partial charge in [-0.2, -0.15) is 9.30 Å². The van der Waals surface area contributed by atoms with Crippen LogP contribution in [0.15, 0.2) is 23.2 Å². The normalized spacial score (nSPS) is 19.1. The van der Waals surface area contributed by atoms with E-state index in [1.54, 1.807) is 6.07 Å². The third kappa shape index (κ3) is 4.15. The van der Waals surface area contributed by atoms with Gasteiger partial charge in [-0.3, -0.25) is 9.59 Å². The molecule has 0 saturated carbocycles. The van der Waals surface area contributed by atoms with E-state index in [0.29, 0.717) is 24.0 Å². The zero-order valence-electron chi connectivity index (χ0n) is 15.4. The van der Waals surface area contributed by atoms with Crippen molar-refractivity contribution in [2.45, 2.75) is 31.8 Å². The van der Waals surface area contributed by atoms with E-state index in [2.05, 4.69) is 9.73 Å². The molecule has 0 aliphatic carbocycles. The summed E-state index contributed by atoms with van der Waals surface area (Å²) in [4.78, 5) is 28.8. The number of carbonyl (C=O) groups is 2. The van der Waals surface area contributed by atoms with Crippen LogP contribution in [0.3, 0.4) is 0 Å². The van der Waals surface area contributed by atoms with Crippen LogP contribution in [0.5, 0.6) is 0 Å². The minimum Gasteiger partial charge on any atom is -0.468 e. The van der Waals surface area contributed by atoms with Gasteiger partial charge in [-0.05, 0) is 25.0 Å². The zero-order valence-corrected chi connectivity index (χ0v) is 17.1. The van der Waals surface area contributed by atoms with E-state index in [9.17, 15) is 22.4 Å². The fourth-order valence-corrected chi connectivity index (χ4v) is 5.40. The molecule has 1 aromatic carbocycles. The monoisotopic (exact) mass is 429 g/mol. The van der Waals surface area contributed by atoms with Crippen molar-refractivity contribution >= 4 is 43.5 Å². The number of methoxy groups -OCH3 is 1. The Balaban J connectivity index is 2.10. The number of fused-ring (bicyclic) bond motifs is 1. The average Bonchev–Trinajstić information content (AvgIpc) is 2.99. The van der Waals surface area contributed by atoms with Crippen LogP contribution in [-0.4, -0.2) is 55.1 Å². The van der Waals surface area contributed by atoms with Crippen LogP contribution in [0, 0.1) is 5.82 Å². The maximum Gasteiger partial charge on any atom is 0.325 e.